The SMILES string of the molecule is C=C[C@]1(C)C[C@@H](OC(=O)CSc2nccc(N3CCN(CC)CC3)n2)[C@]2(C)[C@H](C)CC[C@]3(CCC(=O)[C@H]32)[C@@H](C)[C@@H]1O. The lowest BCUT2D eigenvalue weighted by Crippen LogP contribution is -2.63. The molecule has 0 radical (unpaired) electrons. The van der Waals surface area contributed by atoms with Gasteiger partial charge in [0.15, 0.2) is 5.16 Å². The summed E-state index contributed by atoms with van der Waals surface area (Å²) in [5, 5.41) is 12.3. The van der Waals surface area contributed by atoms with Crippen molar-refractivity contribution < 1.29 is 19.4 Å². The summed E-state index contributed by atoms with van der Waals surface area (Å²) in [6.07, 6.45) is 6.05. The van der Waals surface area contributed by atoms with Crippen molar-refractivity contribution in [1.82, 2.24) is 14.9 Å². The molecule has 1 saturated heterocycles. The van der Waals surface area contributed by atoms with E-state index in [1.807, 2.05) is 19.1 Å². The van der Waals surface area contributed by atoms with Gasteiger partial charge < -0.3 is 19.6 Å². The molecule has 2 bridgehead atoms. The summed E-state index contributed by atoms with van der Waals surface area (Å²) in [6.45, 7) is 19.7. The number of hydrogen-bond acceptors (Lipinski definition) is 9. The Morgan fingerprint density at radius 1 is 1.24 bits per heavy atom. The van der Waals surface area contributed by atoms with E-state index in [9.17, 15) is 14.7 Å². The Balaban J connectivity index is 1.35. The van der Waals surface area contributed by atoms with Crippen LogP contribution >= 0.6 is 11.8 Å². The van der Waals surface area contributed by atoms with Crippen molar-refractivity contribution in [2.24, 2.45) is 34.0 Å². The molecule has 4 aliphatic rings. The maximum Gasteiger partial charge on any atom is 0.316 e. The van der Waals surface area contributed by atoms with Crippen LogP contribution in [0.5, 0.6) is 0 Å². The molecule has 0 spiro atoms. The van der Waals surface area contributed by atoms with Crippen molar-refractivity contribution in [3.05, 3.63) is 24.9 Å². The van der Waals surface area contributed by atoms with E-state index < -0.39 is 23.0 Å². The number of likely N-dealkylation sites (N-methyl/N-ethyl adjacent to an activating group) is 1. The van der Waals surface area contributed by atoms with Crippen LogP contribution in [0, 0.1) is 34.0 Å². The van der Waals surface area contributed by atoms with Gasteiger partial charge in [-0.2, -0.15) is 0 Å². The first-order valence-corrected chi connectivity index (χ1v) is 16.4. The number of hydrogen-bond donors (Lipinski definition) is 1. The maximum atomic E-state index is 13.6. The Bertz CT molecular complexity index is 1160. The number of thioether (sulfide) groups is 1. The number of aromatic nitrogens is 2. The molecule has 8 atom stereocenters. The lowest BCUT2D eigenvalue weighted by Gasteiger charge is -2.61. The van der Waals surface area contributed by atoms with Crippen molar-refractivity contribution in [2.45, 2.75) is 84.1 Å². The van der Waals surface area contributed by atoms with Crippen LogP contribution in [0.15, 0.2) is 30.1 Å². The van der Waals surface area contributed by atoms with E-state index in [4.69, 9.17) is 9.72 Å². The molecule has 226 valence electrons. The fourth-order valence-corrected chi connectivity index (χ4v) is 9.30. The number of piperazine rings is 1. The van der Waals surface area contributed by atoms with Gasteiger partial charge in [0.1, 0.15) is 17.7 Å². The van der Waals surface area contributed by atoms with Crippen LogP contribution in [0.1, 0.15) is 66.7 Å². The van der Waals surface area contributed by atoms with Crippen LogP contribution < -0.4 is 4.90 Å². The van der Waals surface area contributed by atoms with Crippen molar-refractivity contribution in [1.29, 1.82) is 0 Å². The van der Waals surface area contributed by atoms with Crippen molar-refractivity contribution in [3.8, 4) is 0 Å². The molecule has 3 saturated carbocycles. The number of anilines is 1. The lowest BCUT2D eigenvalue weighted by atomic mass is 9.44. The van der Waals surface area contributed by atoms with Gasteiger partial charge in [0.2, 0.25) is 0 Å². The number of rotatable bonds is 7. The minimum Gasteiger partial charge on any atom is -0.461 e. The average molecular weight is 585 g/mol. The number of carbonyl (C=O) groups excluding carboxylic acids is 2. The van der Waals surface area contributed by atoms with E-state index in [0.29, 0.717) is 18.0 Å². The van der Waals surface area contributed by atoms with Gasteiger partial charge in [-0.15, -0.1) is 6.58 Å². The van der Waals surface area contributed by atoms with E-state index in [1.165, 1.54) is 11.8 Å². The molecule has 41 heavy (non-hydrogen) atoms. The van der Waals surface area contributed by atoms with Gasteiger partial charge in [-0.3, -0.25) is 9.59 Å². The number of Topliss-reactive ketones (excluding diaryl/α,β-unsaturated/α-hetero) is 1. The molecular weight excluding hydrogens is 536 g/mol. The molecule has 3 aliphatic carbocycles. The third-order valence-electron chi connectivity index (χ3n) is 11.7. The monoisotopic (exact) mass is 584 g/mol. The Labute approximate surface area is 249 Å². The molecule has 0 amide bonds. The van der Waals surface area contributed by atoms with Gasteiger partial charge in [0.05, 0.1) is 11.9 Å². The molecule has 1 aromatic rings. The van der Waals surface area contributed by atoms with Crippen LogP contribution in [0.25, 0.3) is 0 Å². The molecule has 4 fully saturated rings. The quantitative estimate of drug-likeness (QED) is 0.213. The molecule has 1 aliphatic heterocycles. The van der Waals surface area contributed by atoms with Crippen LogP contribution in [-0.2, 0) is 14.3 Å². The molecule has 0 unspecified atom stereocenters. The Hall–Kier alpha value is -1.97. The van der Waals surface area contributed by atoms with Gasteiger partial charge in [0.25, 0.3) is 0 Å². The largest absolute Gasteiger partial charge is 0.461 e. The third-order valence-corrected chi connectivity index (χ3v) is 12.5. The van der Waals surface area contributed by atoms with E-state index in [1.54, 1.807) is 6.20 Å². The second-order valence-electron chi connectivity index (χ2n) is 13.5. The fourth-order valence-electron chi connectivity index (χ4n) is 8.69. The normalized spacial score (nSPS) is 39.5. The molecule has 2 heterocycles. The van der Waals surface area contributed by atoms with Crippen molar-refractivity contribution >= 4 is 29.3 Å². The second-order valence-corrected chi connectivity index (χ2v) is 14.4. The summed E-state index contributed by atoms with van der Waals surface area (Å²) in [5.74, 6) is 0.832. The first-order chi connectivity index (χ1) is 19.5. The van der Waals surface area contributed by atoms with E-state index in [2.05, 4.69) is 49.1 Å². The smallest absolute Gasteiger partial charge is 0.316 e. The highest BCUT2D eigenvalue weighted by atomic mass is 32.2. The second kappa shape index (κ2) is 11.6. The zero-order valence-electron chi connectivity index (χ0n) is 25.5. The molecule has 0 aromatic carbocycles. The molecule has 8 nitrogen and oxygen atoms in total. The summed E-state index contributed by atoms with van der Waals surface area (Å²) in [4.78, 5) is 40.9. The van der Waals surface area contributed by atoms with Crippen molar-refractivity contribution in [3.63, 3.8) is 0 Å². The van der Waals surface area contributed by atoms with E-state index >= 15 is 0 Å². The lowest BCUT2D eigenvalue weighted by molar-refractivity contribution is -0.205. The summed E-state index contributed by atoms with van der Waals surface area (Å²) in [7, 11) is 0. The topological polar surface area (TPSA) is 95.9 Å². The third kappa shape index (κ3) is 5.24. The number of ether oxygens (including phenoxy) is 1. The predicted molar refractivity (Wildman–Crippen MR) is 162 cm³/mol. The van der Waals surface area contributed by atoms with E-state index in [0.717, 1.165) is 57.8 Å². The zero-order chi connectivity index (χ0) is 29.6. The van der Waals surface area contributed by atoms with Crippen LogP contribution in [0.3, 0.4) is 0 Å². The number of carbonyl (C=O) groups is 2. The highest BCUT2D eigenvalue weighted by Gasteiger charge is 2.68. The van der Waals surface area contributed by atoms with Crippen LogP contribution in [0.4, 0.5) is 5.82 Å². The van der Waals surface area contributed by atoms with Gasteiger partial charge in [-0.1, -0.05) is 52.5 Å². The minimum atomic E-state index is -0.669. The number of nitrogens with zero attached hydrogens (tertiary/aromatic N) is 4. The molecule has 5 rings (SSSR count). The van der Waals surface area contributed by atoms with Crippen LogP contribution in [-0.4, -0.2) is 82.4 Å². The first-order valence-electron chi connectivity index (χ1n) is 15.5. The summed E-state index contributed by atoms with van der Waals surface area (Å²) in [6, 6.07) is 1.93. The minimum absolute atomic E-state index is 0.0460. The maximum absolute atomic E-state index is 13.6. The molecule has 9 heteroatoms. The number of ketones is 1. The number of aliphatic hydroxyl groups excluding tert-OH is 1. The zero-order valence-corrected chi connectivity index (χ0v) is 26.3. The summed E-state index contributed by atoms with van der Waals surface area (Å²) in [5.41, 5.74) is -1.43. The fraction of sp³-hybridized carbons (Fsp3) is 0.750. The Morgan fingerprint density at radius 3 is 2.66 bits per heavy atom. The van der Waals surface area contributed by atoms with Gasteiger partial charge in [-0.05, 0) is 55.5 Å². The predicted octanol–water partition coefficient (Wildman–Crippen LogP) is 4.62. The van der Waals surface area contributed by atoms with E-state index in [-0.39, 0.29) is 40.7 Å². The standard InChI is InChI=1S/C32H48N4O4S/c1-7-30(5)19-24(31(6)21(3)9-12-32(22(4)28(30)39)13-10-23(37)27(31)32)40-26(38)20-41-29-33-14-11-25(34-29)36-17-15-35(8-2)16-18-36/h7,11,14,21-22,24,27-28,39H,1,8-10,12-13,15-20H2,2-6H3/t21-,22+,24-,27+,28+,30-,31+,32+/m1/s1. The highest BCUT2D eigenvalue weighted by Crippen LogP contribution is 2.68. The van der Waals surface area contributed by atoms with Gasteiger partial charge >= 0.3 is 5.97 Å². The number of esters is 1. The average Bonchev–Trinajstić information content (AvgIpc) is 3.34. The van der Waals surface area contributed by atoms with Gasteiger partial charge in [-0.25, -0.2) is 9.97 Å². The molecule has 1 aromatic heterocycles. The van der Waals surface area contributed by atoms with Gasteiger partial charge in [0, 0.05) is 55.5 Å². The first kappa shape index (κ1) is 30.5. The molecule has 1 N–H and O–H groups in total. The summed E-state index contributed by atoms with van der Waals surface area (Å²) >= 11 is 1.29. The van der Waals surface area contributed by atoms with Crippen molar-refractivity contribution in [2.75, 3.05) is 43.4 Å². The highest BCUT2D eigenvalue weighted by molar-refractivity contribution is 7.99. The summed E-state index contributed by atoms with van der Waals surface area (Å²) < 4.78 is 6.37. The Morgan fingerprint density at radius 2 is 1.98 bits per heavy atom. The Kier molecular flexibility index (Phi) is 8.63. The molecular formula is C32H48N4O4S. The number of aliphatic hydroxyl groups is 1. The van der Waals surface area contributed by atoms with Crippen LogP contribution in [0.2, 0.25) is 0 Å².